The average Bonchev–Trinajstić information content (AvgIpc) is 2.32. The number of nitrogens with one attached hydrogen (secondary N) is 2. The molecule has 0 spiro atoms. The van der Waals surface area contributed by atoms with Crippen LogP contribution in [0.2, 0.25) is 0 Å². The van der Waals surface area contributed by atoms with Crippen molar-refractivity contribution in [2.45, 2.75) is 31.1 Å². The van der Waals surface area contributed by atoms with Crippen molar-refractivity contribution in [3.63, 3.8) is 0 Å². The predicted molar refractivity (Wildman–Crippen MR) is 48.6 cm³/mol. The van der Waals surface area contributed by atoms with Crippen LogP contribution in [0, 0.1) is 0 Å². The van der Waals surface area contributed by atoms with E-state index in [1.165, 1.54) is 0 Å². The zero-order valence-electron chi connectivity index (χ0n) is 7.67. The fourth-order valence-electron chi connectivity index (χ4n) is 1.40. The second kappa shape index (κ2) is 4.99. The normalized spacial score (nSPS) is 24.9. The van der Waals surface area contributed by atoms with Crippen LogP contribution in [0.1, 0.15) is 19.3 Å². The Kier molecular flexibility index (Phi) is 4.21. The first-order chi connectivity index (χ1) is 6.52. The van der Waals surface area contributed by atoms with Crippen LogP contribution in [-0.2, 0) is 10.0 Å². The van der Waals surface area contributed by atoms with Gasteiger partial charge >= 0.3 is 5.76 Å². The Morgan fingerprint density at radius 2 is 2.07 bits per heavy atom. The fourth-order valence-corrected chi connectivity index (χ4v) is 2.17. The van der Waals surface area contributed by atoms with E-state index < -0.39 is 21.8 Å². The van der Waals surface area contributed by atoms with E-state index >= 15 is 0 Å². The van der Waals surface area contributed by atoms with Crippen molar-refractivity contribution in [2.24, 2.45) is 0 Å². The second-order valence-electron chi connectivity index (χ2n) is 3.32. The number of sulfonamides is 1. The highest BCUT2D eigenvalue weighted by molar-refractivity contribution is 7.89. The number of alkyl halides is 2. The Balaban J connectivity index is 2.50. The van der Waals surface area contributed by atoms with Gasteiger partial charge in [0, 0.05) is 12.6 Å². The number of hydrogen-bond donors (Lipinski definition) is 2. The monoisotopic (exact) mass is 228 g/mol. The van der Waals surface area contributed by atoms with E-state index in [2.05, 4.69) is 5.32 Å². The molecule has 14 heavy (non-hydrogen) atoms. The van der Waals surface area contributed by atoms with Gasteiger partial charge in [0.05, 0.1) is 0 Å². The van der Waals surface area contributed by atoms with Crippen LogP contribution in [0.5, 0.6) is 0 Å². The Labute approximate surface area is 82.1 Å². The SMILES string of the molecule is O=S(=O)(NC1CCCCNC1)C(F)F. The summed E-state index contributed by atoms with van der Waals surface area (Å²) in [7, 11) is -4.44. The van der Waals surface area contributed by atoms with Crippen molar-refractivity contribution in [1.29, 1.82) is 0 Å². The van der Waals surface area contributed by atoms with Gasteiger partial charge in [-0.25, -0.2) is 13.1 Å². The number of rotatable bonds is 3. The van der Waals surface area contributed by atoms with Gasteiger partial charge in [-0.2, -0.15) is 8.78 Å². The van der Waals surface area contributed by atoms with Gasteiger partial charge in [0.2, 0.25) is 0 Å². The lowest BCUT2D eigenvalue weighted by Gasteiger charge is -2.15. The maximum Gasteiger partial charge on any atom is 0.350 e. The van der Waals surface area contributed by atoms with Crippen molar-refractivity contribution >= 4 is 10.0 Å². The van der Waals surface area contributed by atoms with E-state index in [1.807, 2.05) is 4.72 Å². The van der Waals surface area contributed by atoms with Crippen molar-refractivity contribution in [1.82, 2.24) is 10.0 Å². The summed E-state index contributed by atoms with van der Waals surface area (Å²) in [4.78, 5) is 0. The largest absolute Gasteiger partial charge is 0.350 e. The van der Waals surface area contributed by atoms with Gasteiger partial charge in [-0.05, 0) is 19.4 Å². The van der Waals surface area contributed by atoms with Crippen LogP contribution in [0.3, 0.4) is 0 Å². The molecule has 2 N–H and O–H groups in total. The molecular weight excluding hydrogens is 214 g/mol. The molecular formula is C7H14F2N2O2S. The molecule has 0 radical (unpaired) electrons. The average molecular weight is 228 g/mol. The Bertz CT molecular complexity index is 261. The van der Waals surface area contributed by atoms with Crippen molar-refractivity contribution in [3.8, 4) is 0 Å². The topological polar surface area (TPSA) is 58.2 Å². The molecule has 0 amide bonds. The lowest BCUT2D eigenvalue weighted by molar-refractivity contribution is 0.231. The summed E-state index contributed by atoms with van der Waals surface area (Å²) < 4.78 is 47.6. The van der Waals surface area contributed by atoms with E-state index in [4.69, 9.17) is 0 Å². The molecule has 1 unspecified atom stereocenters. The summed E-state index contributed by atoms with van der Waals surface area (Å²) in [6.45, 7) is 1.23. The smallest absolute Gasteiger partial charge is 0.315 e. The molecule has 1 aliphatic heterocycles. The van der Waals surface area contributed by atoms with Crippen molar-refractivity contribution in [2.75, 3.05) is 13.1 Å². The van der Waals surface area contributed by atoms with E-state index in [9.17, 15) is 17.2 Å². The van der Waals surface area contributed by atoms with Crippen LogP contribution in [0.25, 0.3) is 0 Å². The lowest BCUT2D eigenvalue weighted by atomic mass is 10.2. The van der Waals surface area contributed by atoms with Crippen LogP contribution >= 0.6 is 0 Å². The third-order valence-electron chi connectivity index (χ3n) is 2.11. The molecule has 7 heteroatoms. The minimum atomic E-state index is -4.44. The molecule has 0 bridgehead atoms. The zero-order valence-corrected chi connectivity index (χ0v) is 8.49. The minimum absolute atomic E-state index is 0.406. The van der Waals surface area contributed by atoms with Gasteiger partial charge in [0.15, 0.2) is 0 Å². The number of halogens is 2. The predicted octanol–water partition coefficient (Wildman–Crippen LogP) is 0.270. The quantitative estimate of drug-likeness (QED) is 0.729. The van der Waals surface area contributed by atoms with Crippen LogP contribution in [-0.4, -0.2) is 33.3 Å². The first-order valence-corrected chi connectivity index (χ1v) is 6.07. The molecule has 0 saturated carbocycles. The first kappa shape index (κ1) is 11.8. The molecule has 1 saturated heterocycles. The van der Waals surface area contributed by atoms with E-state index in [-0.39, 0.29) is 0 Å². The highest BCUT2D eigenvalue weighted by Crippen LogP contribution is 2.08. The van der Waals surface area contributed by atoms with E-state index in [1.54, 1.807) is 0 Å². The maximum absolute atomic E-state index is 12.0. The fraction of sp³-hybridized carbons (Fsp3) is 1.00. The number of hydrogen-bond acceptors (Lipinski definition) is 3. The summed E-state index contributed by atoms with van der Waals surface area (Å²) in [5, 5.41) is 2.99. The van der Waals surface area contributed by atoms with Gasteiger partial charge in [0.1, 0.15) is 0 Å². The van der Waals surface area contributed by atoms with Gasteiger partial charge in [-0.3, -0.25) is 0 Å². The van der Waals surface area contributed by atoms with Crippen molar-refractivity contribution in [3.05, 3.63) is 0 Å². The third kappa shape index (κ3) is 3.47. The van der Waals surface area contributed by atoms with Crippen LogP contribution in [0.15, 0.2) is 0 Å². The Morgan fingerprint density at radius 3 is 2.71 bits per heavy atom. The molecule has 0 aromatic heterocycles. The summed E-state index contributed by atoms with van der Waals surface area (Å²) in [6, 6.07) is -0.406. The molecule has 0 aromatic rings. The maximum atomic E-state index is 12.0. The van der Waals surface area contributed by atoms with Gasteiger partial charge in [-0.15, -0.1) is 0 Å². The molecule has 1 heterocycles. The standard InChI is InChI=1S/C7H14F2N2O2S/c8-7(9)14(12,13)11-6-3-1-2-4-10-5-6/h6-7,10-11H,1-5H2. The summed E-state index contributed by atoms with van der Waals surface area (Å²) >= 11 is 0. The lowest BCUT2D eigenvalue weighted by Crippen LogP contribution is -2.43. The molecule has 4 nitrogen and oxygen atoms in total. The van der Waals surface area contributed by atoms with Crippen LogP contribution < -0.4 is 10.0 Å². The van der Waals surface area contributed by atoms with E-state index in [0.717, 1.165) is 19.4 Å². The molecule has 1 rings (SSSR count). The third-order valence-corrected chi connectivity index (χ3v) is 3.24. The highest BCUT2D eigenvalue weighted by Gasteiger charge is 2.27. The van der Waals surface area contributed by atoms with E-state index in [0.29, 0.717) is 13.0 Å². The zero-order chi connectivity index (χ0) is 10.6. The van der Waals surface area contributed by atoms with Gasteiger partial charge in [-0.1, -0.05) is 6.42 Å². The summed E-state index contributed by atoms with van der Waals surface area (Å²) in [6.07, 6.45) is 2.41. The van der Waals surface area contributed by atoms with Gasteiger partial charge in [0.25, 0.3) is 10.0 Å². The summed E-state index contributed by atoms with van der Waals surface area (Å²) in [5.74, 6) is -3.34. The molecule has 1 aliphatic rings. The Hall–Kier alpha value is -0.270. The molecule has 1 fully saturated rings. The van der Waals surface area contributed by atoms with Crippen molar-refractivity contribution < 1.29 is 17.2 Å². The molecule has 0 aliphatic carbocycles. The first-order valence-electron chi connectivity index (χ1n) is 4.52. The van der Waals surface area contributed by atoms with Gasteiger partial charge < -0.3 is 5.32 Å². The molecule has 84 valence electrons. The molecule has 1 atom stereocenters. The molecule has 0 aromatic carbocycles. The Morgan fingerprint density at radius 1 is 1.36 bits per heavy atom. The highest BCUT2D eigenvalue weighted by atomic mass is 32.2. The minimum Gasteiger partial charge on any atom is -0.315 e. The van der Waals surface area contributed by atoms with Crippen LogP contribution in [0.4, 0.5) is 8.78 Å². The summed E-state index contributed by atoms with van der Waals surface area (Å²) in [5.41, 5.74) is 0. The second-order valence-corrected chi connectivity index (χ2v) is 5.00.